The van der Waals surface area contributed by atoms with E-state index in [0.717, 1.165) is 25.6 Å². The first kappa shape index (κ1) is 12.5. The Labute approximate surface area is 92.5 Å². The third-order valence-corrected chi connectivity index (χ3v) is 3.33. The van der Waals surface area contributed by atoms with E-state index in [2.05, 4.69) is 11.8 Å². The van der Waals surface area contributed by atoms with Gasteiger partial charge in [0, 0.05) is 12.5 Å². The lowest BCUT2D eigenvalue weighted by Crippen LogP contribution is -2.37. The number of hydrogen-bond acceptors (Lipinski definition) is 2. The zero-order chi connectivity index (χ0) is 11.1. The second kappa shape index (κ2) is 6.83. The van der Waals surface area contributed by atoms with Crippen molar-refractivity contribution in [3.05, 3.63) is 0 Å². The quantitative estimate of drug-likeness (QED) is 0.737. The van der Waals surface area contributed by atoms with E-state index >= 15 is 0 Å². The van der Waals surface area contributed by atoms with Crippen LogP contribution in [0.4, 0.5) is 0 Å². The average Bonchev–Trinajstić information content (AvgIpc) is 2.25. The van der Waals surface area contributed by atoms with Gasteiger partial charge in [-0.15, -0.1) is 0 Å². The molecule has 0 unspecified atom stereocenters. The van der Waals surface area contributed by atoms with Gasteiger partial charge in [-0.2, -0.15) is 0 Å². The molecule has 0 radical (unpaired) electrons. The molecule has 1 rings (SSSR count). The molecule has 3 heteroatoms. The van der Waals surface area contributed by atoms with Crippen molar-refractivity contribution in [1.82, 2.24) is 4.90 Å². The summed E-state index contributed by atoms with van der Waals surface area (Å²) in [6.45, 7) is 4.19. The Morgan fingerprint density at radius 1 is 1.33 bits per heavy atom. The van der Waals surface area contributed by atoms with Gasteiger partial charge in [-0.1, -0.05) is 26.2 Å². The molecule has 1 fully saturated rings. The molecule has 0 bridgehead atoms. The largest absolute Gasteiger partial charge is 0.481 e. The minimum atomic E-state index is -0.672. The number of nitrogens with zero attached hydrogens (tertiary/aromatic N) is 1. The van der Waals surface area contributed by atoms with E-state index in [9.17, 15) is 4.79 Å². The minimum Gasteiger partial charge on any atom is -0.481 e. The number of aliphatic carboxylic acids is 1. The highest BCUT2D eigenvalue weighted by Crippen LogP contribution is 2.22. The summed E-state index contributed by atoms with van der Waals surface area (Å²) in [6.07, 6.45) is 7.79. The van der Waals surface area contributed by atoms with E-state index in [0.29, 0.717) is 6.42 Å². The van der Waals surface area contributed by atoms with Crippen LogP contribution < -0.4 is 0 Å². The molecule has 15 heavy (non-hydrogen) atoms. The van der Waals surface area contributed by atoms with E-state index < -0.39 is 5.97 Å². The first-order chi connectivity index (χ1) is 7.24. The Hall–Kier alpha value is -0.570. The average molecular weight is 213 g/mol. The molecule has 1 saturated carbocycles. The van der Waals surface area contributed by atoms with Gasteiger partial charge < -0.3 is 10.0 Å². The molecular formula is C12H23NO2. The third-order valence-electron chi connectivity index (χ3n) is 3.33. The number of carboxylic acids is 1. The number of carbonyl (C=O) groups is 1. The van der Waals surface area contributed by atoms with E-state index in [-0.39, 0.29) is 0 Å². The first-order valence-electron chi connectivity index (χ1n) is 6.20. The summed E-state index contributed by atoms with van der Waals surface area (Å²) in [6, 6.07) is 0.720. The van der Waals surface area contributed by atoms with Crippen LogP contribution in [0.5, 0.6) is 0 Å². The Morgan fingerprint density at radius 3 is 2.53 bits per heavy atom. The summed E-state index contributed by atoms with van der Waals surface area (Å²) in [7, 11) is 0. The van der Waals surface area contributed by atoms with Gasteiger partial charge >= 0.3 is 5.97 Å². The molecule has 0 amide bonds. The van der Waals surface area contributed by atoms with E-state index in [4.69, 9.17) is 5.11 Å². The summed E-state index contributed by atoms with van der Waals surface area (Å²) in [5.74, 6) is -0.672. The zero-order valence-corrected chi connectivity index (χ0v) is 9.74. The Balaban J connectivity index is 2.24. The fraction of sp³-hybridized carbons (Fsp3) is 0.917. The smallest absolute Gasteiger partial charge is 0.303 e. The summed E-state index contributed by atoms with van der Waals surface area (Å²) >= 11 is 0. The normalized spacial score (nSPS) is 18.3. The van der Waals surface area contributed by atoms with E-state index in [1.165, 1.54) is 32.1 Å². The maximum absolute atomic E-state index is 10.4. The predicted molar refractivity (Wildman–Crippen MR) is 61.0 cm³/mol. The molecule has 88 valence electrons. The van der Waals surface area contributed by atoms with Crippen LogP contribution in [0.3, 0.4) is 0 Å². The van der Waals surface area contributed by atoms with Gasteiger partial charge in [0.25, 0.3) is 0 Å². The third kappa shape index (κ3) is 4.65. The highest BCUT2D eigenvalue weighted by Gasteiger charge is 2.19. The van der Waals surface area contributed by atoms with Crippen LogP contribution in [0.2, 0.25) is 0 Å². The number of carboxylic acid groups (broad SMARTS) is 1. The molecule has 0 saturated heterocycles. The van der Waals surface area contributed by atoms with Crippen LogP contribution in [0.15, 0.2) is 0 Å². The van der Waals surface area contributed by atoms with Gasteiger partial charge in [0.05, 0.1) is 0 Å². The lowest BCUT2D eigenvalue weighted by atomic mass is 9.94. The number of hydrogen-bond donors (Lipinski definition) is 1. The lowest BCUT2D eigenvalue weighted by molar-refractivity contribution is -0.137. The van der Waals surface area contributed by atoms with Gasteiger partial charge in [-0.05, 0) is 32.4 Å². The van der Waals surface area contributed by atoms with Crippen LogP contribution in [0, 0.1) is 0 Å². The van der Waals surface area contributed by atoms with Crippen molar-refractivity contribution in [3.8, 4) is 0 Å². The lowest BCUT2D eigenvalue weighted by Gasteiger charge is -2.33. The fourth-order valence-corrected chi connectivity index (χ4v) is 2.48. The van der Waals surface area contributed by atoms with Crippen LogP contribution in [0.25, 0.3) is 0 Å². The summed E-state index contributed by atoms with van der Waals surface area (Å²) in [5, 5.41) is 8.59. The van der Waals surface area contributed by atoms with Crippen molar-refractivity contribution in [2.24, 2.45) is 0 Å². The zero-order valence-electron chi connectivity index (χ0n) is 9.74. The monoisotopic (exact) mass is 213 g/mol. The molecule has 0 heterocycles. The van der Waals surface area contributed by atoms with E-state index in [1.54, 1.807) is 0 Å². The maximum Gasteiger partial charge on any atom is 0.303 e. The topological polar surface area (TPSA) is 40.5 Å². The van der Waals surface area contributed by atoms with Crippen LogP contribution in [-0.4, -0.2) is 35.1 Å². The molecule has 0 aliphatic heterocycles. The van der Waals surface area contributed by atoms with Crippen molar-refractivity contribution in [2.75, 3.05) is 13.1 Å². The van der Waals surface area contributed by atoms with Crippen molar-refractivity contribution >= 4 is 5.97 Å². The van der Waals surface area contributed by atoms with E-state index in [1.807, 2.05) is 0 Å². The summed E-state index contributed by atoms with van der Waals surface area (Å²) < 4.78 is 0. The molecular weight excluding hydrogens is 190 g/mol. The maximum atomic E-state index is 10.4. The van der Waals surface area contributed by atoms with Crippen molar-refractivity contribution < 1.29 is 9.90 Å². The fourth-order valence-electron chi connectivity index (χ4n) is 2.48. The Bertz CT molecular complexity index is 188. The Morgan fingerprint density at radius 2 is 2.00 bits per heavy atom. The van der Waals surface area contributed by atoms with Gasteiger partial charge in [0.1, 0.15) is 0 Å². The van der Waals surface area contributed by atoms with Crippen molar-refractivity contribution in [1.29, 1.82) is 0 Å². The van der Waals surface area contributed by atoms with Gasteiger partial charge in [0.15, 0.2) is 0 Å². The SMILES string of the molecule is CCN(CCCC(=O)O)C1CCCCC1. The van der Waals surface area contributed by atoms with Gasteiger partial charge in [0.2, 0.25) is 0 Å². The van der Waals surface area contributed by atoms with Crippen LogP contribution >= 0.6 is 0 Å². The first-order valence-corrected chi connectivity index (χ1v) is 6.20. The Kier molecular flexibility index (Phi) is 5.69. The molecule has 0 aromatic rings. The van der Waals surface area contributed by atoms with Crippen molar-refractivity contribution in [3.63, 3.8) is 0 Å². The highest BCUT2D eigenvalue weighted by atomic mass is 16.4. The summed E-state index contributed by atoms with van der Waals surface area (Å²) in [5.41, 5.74) is 0. The van der Waals surface area contributed by atoms with Gasteiger partial charge in [-0.3, -0.25) is 4.79 Å². The van der Waals surface area contributed by atoms with Gasteiger partial charge in [-0.25, -0.2) is 0 Å². The molecule has 1 aliphatic carbocycles. The molecule has 1 aliphatic rings. The molecule has 0 atom stereocenters. The van der Waals surface area contributed by atoms with Crippen molar-refractivity contribution in [2.45, 2.75) is 57.9 Å². The second-order valence-electron chi connectivity index (χ2n) is 4.42. The summed E-state index contributed by atoms with van der Waals surface area (Å²) in [4.78, 5) is 12.9. The second-order valence-corrected chi connectivity index (χ2v) is 4.42. The molecule has 0 aromatic heterocycles. The van der Waals surface area contributed by atoms with Crippen LogP contribution in [0.1, 0.15) is 51.9 Å². The molecule has 1 N–H and O–H groups in total. The highest BCUT2D eigenvalue weighted by molar-refractivity contribution is 5.66. The number of rotatable bonds is 6. The standard InChI is InChI=1S/C12H23NO2/c1-2-13(10-6-9-12(14)15)11-7-4-3-5-8-11/h11H,2-10H2,1H3,(H,14,15). The molecule has 0 aromatic carbocycles. The van der Waals surface area contributed by atoms with Crippen LogP contribution in [-0.2, 0) is 4.79 Å². The molecule has 0 spiro atoms. The predicted octanol–water partition coefficient (Wildman–Crippen LogP) is 2.51. The molecule has 3 nitrogen and oxygen atoms in total. The minimum absolute atomic E-state index is 0.309.